The Morgan fingerprint density at radius 1 is 1.00 bits per heavy atom. The molecular formula is C15H14ClF3N2. The van der Waals surface area contributed by atoms with E-state index in [4.69, 9.17) is 17.4 Å². The van der Waals surface area contributed by atoms with Gasteiger partial charge in [-0.15, -0.1) is 0 Å². The van der Waals surface area contributed by atoms with E-state index >= 15 is 0 Å². The number of halogens is 4. The Morgan fingerprint density at radius 3 is 2.24 bits per heavy atom. The minimum atomic E-state index is -0.654. The van der Waals surface area contributed by atoms with E-state index < -0.39 is 17.5 Å². The molecule has 112 valence electrons. The van der Waals surface area contributed by atoms with Crippen LogP contribution in [0.2, 0.25) is 5.02 Å². The molecule has 6 heteroatoms. The highest BCUT2D eigenvalue weighted by Crippen LogP contribution is 2.18. The van der Waals surface area contributed by atoms with Crippen LogP contribution < -0.4 is 11.3 Å². The zero-order chi connectivity index (χ0) is 15.4. The van der Waals surface area contributed by atoms with Crippen LogP contribution in [-0.2, 0) is 12.8 Å². The molecule has 0 heterocycles. The largest absolute Gasteiger partial charge is 0.271 e. The van der Waals surface area contributed by atoms with Crippen LogP contribution in [0.5, 0.6) is 0 Å². The van der Waals surface area contributed by atoms with Gasteiger partial charge >= 0.3 is 0 Å². The summed E-state index contributed by atoms with van der Waals surface area (Å²) in [5, 5.41) is 0.306. The highest BCUT2D eigenvalue weighted by Gasteiger charge is 2.13. The fraction of sp³-hybridized carbons (Fsp3) is 0.200. The zero-order valence-corrected chi connectivity index (χ0v) is 11.8. The molecule has 0 saturated heterocycles. The summed E-state index contributed by atoms with van der Waals surface area (Å²) < 4.78 is 40.0. The van der Waals surface area contributed by atoms with Gasteiger partial charge in [0.2, 0.25) is 0 Å². The SMILES string of the molecule is NNC(Cc1cc(F)cc(F)c1)Cc1ccc(Cl)cc1F. The summed E-state index contributed by atoms with van der Waals surface area (Å²) in [6.07, 6.45) is 0.547. The fourth-order valence-electron chi connectivity index (χ4n) is 2.16. The highest BCUT2D eigenvalue weighted by molar-refractivity contribution is 6.30. The molecule has 2 aromatic carbocycles. The highest BCUT2D eigenvalue weighted by atomic mass is 35.5. The predicted molar refractivity (Wildman–Crippen MR) is 76.3 cm³/mol. The van der Waals surface area contributed by atoms with E-state index in [1.807, 2.05) is 0 Å². The standard InChI is InChI=1S/C15H14ClF3N2/c16-11-2-1-10(15(19)7-11)6-14(21-20)5-9-3-12(17)8-13(18)4-9/h1-4,7-8,14,21H,5-6,20H2. The molecule has 0 fully saturated rings. The molecule has 0 aliphatic heterocycles. The van der Waals surface area contributed by atoms with E-state index in [1.54, 1.807) is 12.1 Å². The summed E-state index contributed by atoms with van der Waals surface area (Å²) in [6, 6.07) is 7.25. The van der Waals surface area contributed by atoms with Crippen LogP contribution in [0.4, 0.5) is 13.2 Å². The molecule has 0 radical (unpaired) electrons. The van der Waals surface area contributed by atoms with Gasteiger partial charge in [-0.1, -0.05) is 17.7 Å². The van der Waals surface area contributed by atoms with E-state index in [0.29, 0.717) is 16.1 Å². The molecule has 3 N–H and O–H groups in total. The summed E-state index contributed by atoms with van der Waals surface area (Å²) in [4.78, 5) is 0. The zero-order valence-electron chi connectivity index (χ0n) is 11.0. The van der Waals surface area contributed by atoms with Gasteiger partial charge in [0, 0.05) is 17.1 Å². The van der Waals surface area contributed by atoms with Crippen molar-refractivity contribution in [3.05, 3.63) is 70.0 Å². The fourth-order valence-corrected chi connectivity index (χ4v) is 2.31. The van der Waals surface area contributed by atoms with Crippen molar-refractivity contribution in [3.63, 3.8) is 0 Å². The number of hydrazine groups is 1. The van der Waals surface area contributed by atoms with Crippen LogP contribution in [0.1, 0.15) is 11.1 Å². The number of hydrogen-bond donors (Lipinski definition) is 2. The van der Waals surface area contributed by atoms with E-state index in [9.17, 15) is 13.2 Å². The van der Waals surface area contributed by atoms with Crippen LogP contribution in [-0.4, -0.2) is 6.04 Å². The maximum atomic E-state index is 13.7. The predicted octanol–water partition coefficient (Wildman–Crippen LogP) is 3.37. The molecule has 0 saturated carbocycles. The quantitative estimate of drug-likeness (QED) is 0.656. The normalized spacial score (nSPS) is 12.4. The van der Waals surface area contributed by atoms with Gasteiger partial charge in [-0.3, -0.25) is 11.3 Å². The van der Waals surface area contributed by atoms with Crippen molar-refractivity contribution in [2.24, 2.45) is 5.84 Å². The third kappa shape index (κ3) is 4.46. The van der Waals surface area contributed by atoms with Gasteiger partial charge in [0.25, 0.3) is 0 Å². The van der Waals surface area contributed by atoms with Crippen LogP contribution in [0, 0.1) is 17.5 Å². The summed E-state index contributed by atoms with van der Waals surface area (Å²) in [6.45, 7) is 0. The second-order valence-corrected chi connectivity index (χ2v) is 5.22. The molecule has 2 nitrogen and oxygen atoms in total. The average Bonchev–Trinajstić information content (AvgIpc) is 2.39. The van der Waals surface area contributed by atoms with Crippen molar-refractivity contribution in [1.82, 2.24) is 5.43 Å². The van der Waals surface area contributed by atoms with Crippen molar-refractivity contribution < 1.29 is 13.2 Å². The van der Waals surface area contributed by atoms with Gasteiger partial charge < -0.3 is 0 Å². The van der Waals surface area contributed by atoms with Crippen molar-refractivity contribution in [2.75, 3.05) is 0 Å². The van der Waals surface area contributed by atoms with Gasteiger partial charge in [-0.2, -0.15) is 0 Å². The van der Waals surface area contributed by atoms with Crippen LogP contribution in [0.25, 0.3) is 0 Å². The lowest BCUT2D eigenvalue weighted by molar-refractivity contribution is 0.502. The molecule has 1 unspecified atom stereocenters. The molecule has 0 amide bonds. The topological polar surface area (TPSA) is 38.0 Å². The Hall–Kier alpha value is -1.56. The minimum absolute atomic E-state index is 0.271. The Morgan fingerprint density at radius 2 is 1.67 bits per heavy atom. The Labute approximate surface area is 125 Å². The van der Waals surface area contributed by atoms with E-state index in [1.165, 1.54) is 18.2 Å². The molecule has 21 heavy (non-hydrogen) atoms. The monoisotopic (exact) mass is 314 g/mol. The molecule has 0 aliphatic rings. The number of rotatable bonds is 5. The maximum Gasteiger partial charge on any atom is 0.127 e. The molecule has 0 aromatic heterocycles. The van der Waals surface area contributed by atoms with E-state index in [-0.39, 0.29) is 18.9 Å². The van der Waals surface area contributed by atoms with Crippen molar-refractivity contribution >= 4 is 11.6 Å². The minimum Gasteiger partial charge on any atom is -0.271 e. The second-order valence-electron chi connectivity index (χ2n) is 4.79. The average molecular weight is 315 g/mol. The van der Waals surface area contributed by atoms with Gasteiger partial charge in [0.05, 0.1) is 0 Å². The number of nitrogens with one attached hydrogen (secondary N) is 1. The molecule has 0 bridgehead atoms. The summed E-state index contributed by atoms with van der Waals surface area (Å²) in [5.41, 5.74) is 3.41. The van der Waals surface area contributed by atoms with Crippen molar-refractivity contribution in [1.29, 1.82) is 0 Å². The first-order valence-corrected chi connectivity index (χ1v) is 6.70. The molecule has 0 aliphatic carbocycles. The number of benzene rings is 2. The van der Waals surface area contributed by atoms with Crippen LogP contribution >= 0.6 is 11.6 Å². The molecule has 1 atom stereocenters. The Bertz CT molecular complexity index is 614. The van der Waals surface area contributed by atoms with Crippen molar-refractivity contribution in [2.45, 2.75) is 18.9 Å². The van der Waals surface area contributed by atoms with Gasteiger partial charge in [0.15, 0.2) is 0 Å². The van der Waals surface area contributed by atoms with Crippen LogP contribution in [0.15, 0.2) is 36.4 Å². The first-order valence-electron chi connectivity index (χ1n) is 6.33. The van der Waals surface area contributed by atoms with Crippen molar-refractivity contribution in [3.8, 4) is 0 Å². The molecular weight excluding hydrogens is 301 g/mol. The van der Waals surface area contributed by atoms with Gasteiger partial charge in [0.1, 0.15) is 17.5 Å². The molecule has 2 rings (SSSR count). The van der Waals surface area contributed by atoms with Gasteiger partial charge in [-0.05, 0) is 48.2 Å². The Balaban J connectivity index is 2.12. The molecule has 0 spiro atoms. The maximum absolute atomic E-state index is 13.7. The second kappa shape index (κ2) is 6.93. The first-order chi connectivity index (χ1) is 9.97. The first kappa shape index (κ1) is 15.8. The third-order valence-corrected chi connectivity index (χ3v) is 3.36. The third-order valence-electron chi connectivity index (χ3n) is 3.12. The van der Waals surface area contributed by atoms with E-state index in [0.717, 1.165) is 6.07 Å². The van der Waals surface area contributed by atoms with Crippen LogP contribution in [0.3, 0.4) is 0 Å². The van der Waals surface area contributed by atoms with Gasteiger partial charge in [-0.25, -0.2) is 13.2 Å². The number of hydrogen-bond acceptors (Lipinski definition) is 2. The smallest absolute Gasteiger partial charge is 0.127 e. The lowest BCUT2D eigenvalue weighted by Crippen LogP contribution is -2.38. The summed E-state index contributed by atoms with van der Waals surface area (Å²) in [7, 11) is 0. The summed E-state index contributed by atoms with van der Waals surface area (Å²) >= 11 is 5.69. The lowest BCUT2D eigenvalue weighted by Gasteiger charge is -2.16. The Kier molecular flexibility index (Phi) is 5.22. The van der Waals surface area contributed by atoms with E-state index in [2.05, 4.69) is 5.43 Å². The lowest BCUT2D eigenvalue weighted by atomic mass is 9.99. The summed E-state index contributed by atoms with van der Waals surface area (Å²) in [5.74, 6) is 3.69. The number of nitrogens with two attached hydrogens (primary N) is 1. The molecule has 2 aromatic rings.